The van der Waals surface area contributed by atoms with Gasteiger partial charge in [0.15, 0.2) is 0 Å². The van der Waals surface area contributed by atoms with Crippen LogP contribution in [-0.2, 0) is 14.3 Å². The first-order valence-electron chi connectivity index (χ1n) is 18.6. The molecule has 1 N–H and O–H groups in total. The van der Waals surface area contributed by atoms with Crippen LogP contribution in [0.4, 0.5) is 4.79 Å². The Balaban J connectivity index is 1.70. The lowest BCUT2D eigenvalue weighted by Crippen LogP contribution is -2.54. The average Bonchev–Trinajstić information content (AvgIpc) is 3.49. The first kappa shape index (κ1) is 39.5. The Hall–Kier alpha value is -3.29. The molecule has 0 saturated carbocycles. The number of carbonyl (C=O) groups excluding carboxylic acids is 2. The highest BCUT2D eigenvalue weighted by molar-refractivity contribution is 8.01. The molecule has 0 radical (unpaired) electrons. The number of thioether (sulfide) groups is 1. The van der Waals surface area contributed by atoms with E-state index in [1.165, 1.54) is 16.7 Å². The third-order valence-electron chi connectivity index (χ3n) is 9.42. The van der Waals surface area contributed by atoms with Gasteiger partial charge in [-0.1, -0.05) is 139 Å². The highest BCUT2D eigenvalue weighted by atomic mass is 32.2. The van der Waals surface area contributed by atoms with Gasteiger partial charge in [0.2, 0.25) is 5.91 Å². The predicted molar refractivity (Wildman–Crippen MR) is 209 cm³/mol. The van der Waals surface area contributed by atoms with Crippen molar-refractivity contribution in [3.05, 3.63) is 108 Å². The van der Waals surface area contributed by atoms with Crippen molar-refractivity contribution in [3.63, 3.8) is 0 Å². The number of hydrogen-bond acceptors (Lipinski definition) is 5. The second-order valence-electron chi connectivity index (χ2n) is 15.8. The third-order valence-corrected chi connectivity index (χ3v) is 11.2. The van der Waals surface area contributed by atoms with Gasteiger partial charge in [-0.3, -0.25) is 4.79 Å². The molecule has 1 fully saturated rings. The summed E-state index contributed by atoms with van der Waals surface area (Å²) in [5, 5.41) is 3.82. The molecule has 0 aliphatic carbocycles. The summed E-state index contributed by atoms with van der Waals surface area (Å²) in [5.74, 6) is 1.06. The van der Waals surface area contributed by atoms with E-state index in [4.69, 9.17) is 4.74 Å². The van der Waals surface area contributed by atoms with Crippen LogP contribution < -0.4 is 5.32 Å². The van der Waals surface area contributed by atoms with Crippen LogP contribution >= 0.6 is 11.8 Å². The number of rotatable bonds is 15. The fourth-order valence-corrected chi connectivity index (χ4v) is 8.90. The van der Waals surface area contributed by atoms with Gasteiger partial charge >= 0.3 is 6.09 Å². The topological polar surface area (TPSA) is 61.9 Å². The number of nitrogens with zero attached hydrogens (tertiary/aromatic N) is 2. The van der Waals surface area contributed by atoms with Crippen molar-refractivity contribution in [3.8, 4) is 0 Å². The minimum atomic E-state index is -0.619. The van der Waals surface area contributed by atoms with Crippen LogP contribution in [0.5, 0.6) is 0 Å². The molecule has 0 spiro atoms. The van der Waals surface area contributed by atoms with Gasteiger partial charge in [-0.15, -0.1) is 11.8 Å². The molecule has 1 aliphatic heterocycles. The Bertz CT molecular complexity index is 1370. The molecule has 4 atom stereocenters. The number of carbonyl (C=O) groups is 2. The Labute approximate surface area is 306 Å². The van der Waals surface area contributed by atoms with E-state index in [0.29, 0.717) is 24.9 Å². The van der Waals surface area contributed by atoms with Gasteiger partial charge in [0.05, 0.1) is 10.8 Å². The number of benzene rings is 3. The SMILES string of the molecule is CCC(C)[C@H](NCC1CC(SC(c2ccccc2)(c2ccccc2)c2ccccc2)CN1C(=O)OC(C)(C)C)C(=O)N(CC(C)C)CC(C)C. The van der Waals surface area contributed by atoms with Gasteiger partial charge in [-0.2, -0.15) is 0 Å². The summed E-state index contributed by atoms with van der Waals surface area (Å²) in [7, 11) is 0. The zero-order valence-electron chi connectivity index (χ0n) is 31.9. The summed E-state index contributed by atoms with van der Waals surface area (Å²) in [6.45, 7) is 21.3. The highest BCUT2D eigenvalue weighted by Gasteiger charge is 2.45. The quantitative estimate of drug-likeness (QED) is 0.160. The van der Waals surface area contributed by atoms with Crippen LogP contribution in [0.25, 0.3) is 0 Å². The molecule has 7 heteroatoms. The maximum absolute atomic E-state index is 14.2. The minimum absolute atomic E-state index is 0.103. The van der Waals surface area contributed by atoms with E-state index in [-0.39, 0.29) is 35.3 Å². The van der Waals surface area contributed by atoms with Gasteiger partial charge in [0.25, 0.3) is 0 Å². The summed E-state index contributed by atoms with van der Waals surface area (Å²) < 4.78 is 5.51. The van der Waals surface area contributed by atoms with E-state index in [9.17, 15) is 9.59 Å². The van der Waals surface area contributed by atoms with Gasteiger partial charge in [-0.25, -0.2) is 4.79 Å². The molecule has 0 bridgehead atoms. The molecule has 272 valence electrons. The van der Waals surface area contributed by atoms with Gasteiger partial charge in [-0.05, 0) is 61.6 Å². The van der Waals surface area contributed by atoms with Crippen LogP contribution in [-0.4, -0.2) is 70.9 Å². The molecule has 6 nitrogen and oxygen atoms in total. The molecule has 3 unspecified atom stereocenters. The summed E-state index contributed by atoms with van der Waals surface area (Å²) in [5.41, 5.74) is 2.98. The van der Waals surface area contributed by atoms with Crippen molar-refractivity contribution in [2.24, 2.45) is 17.8 Å². The van der Waals surface area contributed by atoms with Crippen molar-refractivity contribution in [2.45, 2.75) is 103 Å². The van der Waals surface area contributed by atoms with Gasteiger partial charge in [0, 0.05) is 37.5 Å². The molecule has 1 aliphatic rings. The molecule has 3 aromatic rings. The lowest BCUT2D eigenvalue weighted by atomic mass is 9.84. The zero-order valence-corrected chi connectivity index (χ0v) is 32.7. The largest absolute Gasteiger partial charge is 0.444 e. The summed E-state index contributed by atoms with van der Waals surface area (Å²) in [4.78, 5) is 32.1. The van der Waals surface area contributed by atoms with Crippen molar-refractivity contribution in [1.29, 1.82) is 0 Å². The summed E-state index contributed by atoms with van der Waals surface area (Å²) >= 11 is 1.92. The van der Waals surface area contributed by atoms with Crippen molar-refractivity contribution < 1.29 is 14.3 Å². The van der Waals surface area contributed by atoms with E-state index < -0.39 is 10.3 Å². The van der Waals surface area contributed by atoms with E-state index in [0.717, 1.165) is 25.9 Å². The second kappa shape index (κ2) is 17.8. The van der Waals surface area contributed by atoms with E-state index in [1.807, 2.05) is 42.3 Å². The highest BCUT2D eigenvalue weighted by Crippen LogP contribution is 2.52. The van der Waals surface area contributed by atoms with Crippen LogP contribution in [0, 0.1) is 17.8 Å². The van der Waals surface area contributed by atoms with Crippen molar-refractivity contribution in [1.82, 2.24) is 15.1 Å². The van der Waals surface area contributed by atoms with Crippen molar-refractivity contribution >= 4 is 23.8 Å². The second-order valence-corrected chi connectivity index (χ2v) is 17.4. The summed E-state index contributed by atoms with van der Waals surface area (Å²) in [6, 6.07) is 31.7. The standard InChI is InChI=1S/C43H61N3O3S/c1-10-33(6)39(40(47)45(28-31(2)3)29-32(4)5)44-27-37-26-38(30-46(37)41(48)49-42(7,8)9)50-43(34-20-14-11-15-21-34,35-22-16-12-17-23-35)36-24-18-13-19-25-36/h11-25,31-33,37-39,44H,10,26-30H2,1-9H3/t33?,37?,38?,39-/m0/s1. The predicted octanol–water partition coefficient (Wildman–Crippen LogP) is 9.23. The lowest BCUT2D eigenvalue weighted by molar-refractivity contribution is -0.136. The molecule has 50 heavy (non-hydrogen) atoms. The Morgan fingerprint density at radius 2 is 1.28 bits per heavy atom. The van der Waals surface area contributed by atoms with E-state index in [2.05, 4.69) is 138 Å². The monoisotopic (exact) mass is 699 g/mol. The number of nitrogens with one attached hydrogen (secondary N) is 1. The molecular weight excluding hydrogens is 639 g/mol. The first-order chi connectivity index (χ1) is 23.7. The maximum atomic E-state index is 14.2. The lowest BCUT2D eigenvalue weighted by Gasteiger charge is -2.37. The Kier molecular flexibility index (Phi) is 14.0. The molecule has 1 saturated heterocycles. The van der Waals surface area contributed by atoms with Gasteiger partial charge in [0.1, 0.15) is 5.60 Å². The van der Waals surface area contributed by atoms with Crippen LogP contribution in [0.3, 0.4) is 0 Å². The maximum Gasteiger partial charge on any atom is 0.410 e. The Morgan fingerprint density at radius 3 is 1.68 bits per heavy atom. The molecule has 0 aromatic heterocycles. The normalized spacial score (nSPS) is 17.9. The smallest absolute Gasteiger partial charge is 0.410 e. The van der Waals surface area contributed by atoms with Crippen LogP contribution in [0.15, 0.2) is 91.0 Å². The van der Waals surface area contributed by atoms with Crippen LogP contribution in [0.2, 0.25) is 0 Å². The summed E-state index contributed by atoms with van der Waals surface area (Å²) in [6.07, 6.45) is 1.35. The van der Waals surface area contributed by atoms with Crippen molar-refractivity contribution in [2.75, 3.05) is 26.2 Å². The number of hydrogen-bond donors (Lipinski definition) is 1. The number of likely N-dealkylation sites (tertiary alicyclic amines) is 1. The van der Waals surface area contributed by atoms with E-state index >= 15 is 0 Å². The minimum Gasteiger partial charge on any atom is -0.444 e. The van der Waals surface area contributed by atoms with Gasteiger partial charge < -0.3 is 19.9 Å². The fourth-order valence-electron chi connectivity index (χ4n) is 7.03. The Morgan fingerprint density at radius 1 is 0.820 bits per heavy atom. The number of amides is 2. The van der Waals surface area contributed by atoms with E-state index in [1.54, 1.807) is 0 Å². The first-order valence-corrected chi connectivity index (χ1v) is 19.5. The number of ether oxygens (including phenoxy) is 1. The molecule has 2 amide bonds. The molecule has 4 rings (SSSR count). The third kappa shape index (κ3) is 10.2. The van der Waals surface area contributed by atoms with Crippen LogP contribution in [0.1, 0.15) is 91.8 Å². The zero-order chi connectivity index (χ0) is 36.5. The molecular formula is C43H61N3O3S. The fraction of sp³-hybridized carbons (Fsp3) is 0.535. The molecule has 3 aromatic carbocycles. The molecule has 1 heterocycles. The average molecular weight is 700 g/mol.